The maximum absolute atomic E-state index is 8.80. The summed E-state index contributed by atoms with van der Waals surface area (Å²) >= 11 is 0. The second-order valence-corrected chi connectivity index (χ2v) is 2.51. The minimum Gasteiger partial charge on any atom is -0.390 e. The molecule has 1 aromatic heterocycles. The highest BCUT2D eigenvalue weighted by molar-refractivity contribution is 5.28. The lowest BCUT2D eigenvalue weighted by atomic mass is 10.3. The van der Waals surface area contributed by atoms with Crippen molar-refractivity contribution in [3.05, 3.63) is 29.6 Å². The summed E-state index contributed by atoms with van der Waals surface area (Å²) in [7, 11) is 0. The van der Waals surface area contributed by atoms with Gasteiger partial charge in [0.1, 0.15) is 5.69 Å². The average Bonchev–Trinajstić information content (AvgIpc) is 2.19. The normalized spacial score (nSPS) is 9.08. The van der Waals surface area contributed by atoms with Crippen LogP contribution in [0, 0.1) is 11.8 Å². The van der Waals surface area contributed by atoms with Crippen LogP contribution in [0.15, 0.2) is 18.2 Å². The fraction of sp³-hybridized carbons (Fsp3) is 0.300. The van der Waals surface area contributed by atoms with Gasteiger partial charge in [-0.2, -0.15) is 0 Å². The summed E-state index contributed by atoms with van der Waals surface area (Å²) in [5.41, 5.74) is 6.60. The van der Waals surface area contributed by atoms with E-state index in [0.29, 0.717) is 24.4 Å². The summed E-state index contributed by atoms with van der Waals surface area (Å²) in [5, 5.41) is 8.80. The fourth-order valence-corrected chi connectivity index (χ4v) is 0.862. The molecule has 0 unspecified atom stereocenters. The summed E-state index contributed by atoms with van der Waals surface area (Å²) in [6.45, 7) is 0.513. The van der Waals surface area contributed by atoms with Crippen molar-refractivity contribution in [3.63, 3.8) is 0 Å². The Morgan fingerprint density at radius 2 is 2.31 bits per heavy atom. The minimum atomic E-state index is -0.0492. The van der Waals surface area contributed by atoms with Crippen molar-refractivity contribution in [1.82, 2.24) is 4.98 Å². The van der Waals surface area contributed by atoms with Crippen LogP contribution in [0.4, 0.5) is 0 Å². The van der Waals surface area contributed by atoms with E-state index in [1.807, 2.05) is 12.1 Å². The maximum Gasteiger partial charge on any atom is 0.113 e. The molecular weight excluding hydrogens is 164 g/mol. The largest absolute Gasteiger partial charge is 0.390 e. The smallest absolute Gasteiger partial charge is 0.113 e. The van der Waals surface area contributed by atoms with Crippen LogP contribution in [0.1, 0.15) is 17.8 Å². The molecule has 0 saturated heterocycles. The van der Waals surface area contributed by atoms with Crippen molar-refractivity contribution in [3.8, 4) is 11.8 Å². The lowest BCUT2D eigenvalue weighted by Crippen LogP contribution is -1.96. The molecular formula is C10H12N2O. The Morgan fingerprint density at radius 1 is 1.46 bits per heavy atom. The van der Waals surface area contributed by atoms with Gasteiger partial charge >= 0.3 is 0 Å². The fourth-order valence-electron chi connectivity index (χ4n) is 0.862. The zero-order chi connectivity index (χ0) is 9.52. The monoisotopic (exact) mass is 176 g/mol. The molecule has 0 amide bonds. The molecule has 3 heteroatoms. The number of nitrogens with two attached hydrogens (primary N) is 1. The topological polar surface area (TPSA) is 59.1 Å². The number of hydrogen-bond donors (Lipinski definition) is 2. The molecule has 0 aromatic carbocycles. The SMILES string of the molecule is NCCC#Cc1cccc(CO)n1. The summed E-state index contributed by atoms with van der Waals surface area (Å²) < 4.78 is 0. The number of aliphatic hydroxyl groups excluding tert-OH is 1. The second kappa shape index (κ2) is 5.31. The number of nitrogens with zero attached hydrogens (tertiary/aromatic N) is 1. The predicted octanol–water partition coefficient (Wildman–Crippen LogP) is 0.274. The lowest BCUT2D eigenvalue weighted by molar-refractivity contribution is 0.277. The van der Waals surface area contributed by atoms with Crippen LogP contribution in [0.5, 0.6) is 0 Å². The molecule has 1 rings (SSSR count). The van der Waals surface area contributed by atoms with Crippen LogP contribution < -0.4 is 5.73 Å². The lowest BCUT2D eigenvalue weighted by Gasteiger charge is -1.94. The molecule has 0 aliphatic rings. The van der Waals surface area contributed by atoms with E-state index in [1.165, 1.54) is 0 Å². The van der Waals surface area contributed by atoms with Crippen LogP contribution in [-0.4, -0.2) is 16.6 Å². The van der Waals surface area contributed by atoms with Crippen LogP contribution >= 0.6 is 0 Å². The van der Waals surface area contributed by atoms with Crippen molar-refractivity contribution in [2.24, 2.45) is 5.73 Å². The van der Waals surface area contributed by atoms with E-state index in [2.05, 4.69) is 16.8 Å². The molecule has 0 atom stereocenters. The van der Waals surface area contributed by atoms with Gasteiger partial charge in [-0.05, 0) is 18.1 Å². The van der Waals surface area contributed by atoms with Gasteiger partial charge in [-0.15, -0.1) is 0 Å². The van der Waals surface area contributed by atoms with E-state index < -0.39 is 0 Å². The quantitative estimate of drug-likeness (QED) is 0.636. The summed E-state index contributed by atoms with van der Waals surface area (Å²) in [4.78, 5) is 4.10. The van der Waals surface area contributed by atoms with Gasteiger partial charge in [-0.1, -0.05) is 12.0 Å². The molecule has 0 bridgehead atoms. The summed E-state index contributed by atoms with van der Waals surface area (Å²) in [6.07, 6.45) is 0.672. The molecule has 68 valence electrons. The number of aliphatic hydroxyl groups is 1. The van der Waals surface area contributed by atoms with E-state index in [-0.39, 0.29) is 6.61 Å². The van der Waals surface area contributed by atoms with Gasteiger partial charge in [-0.25, -0.2) is 4.98 Å². The molecule has 0 aliphatic heterocycles. The van der Waals surface area contributed by atoms with Crippen molar-refractivity contribution in [2.75, 3.05) is 6.54 Å². The number of aromatic nitrogens is 1. The van der Waals surface area contributed by atoms with Gasteiger partial charge in [0.15, 0.2) is 0 Å². The van der Waals surface area contributed by atoms with E-state index in [1.54, 1.807) is 6.07 Å². The first kappa shape index (κ1) is 9.72. The molecule has 1 heterocycles. The van der Waals surface area contributed by atoms with Crippen LogP contribution in [-0.2, 0) is 6.61 Å². The maximum atomic E-state index is 8.80. The van der Waals surface area contributed by atoms with Gasteiger partial charge in [0.25, 0.3) is 0 Å². The first-order valence-electron chi connectivity index (χ1n) is 4.12. The molecule has 0 saturated carbocycles. The van der Waals surface area contributed by atoms with Crippen LogP contribution in [0.3, 0.4) is 0 Å². The van der Waals surface area contributed by atoms with Gasteiger partial charge in [0.05, 0.1) is 12.3 Å². The minimum absolute atomic E-state index is 0.0492. The Balaban J connectivity index is 2.73. The third kappa shape index (κ3) is 3.24. The Hall–Kier alpha value is -1.37. The van der Waals surface area contributed by atoms with E-state index in [4.69, 9.17) is 10.8 Å². The van der Waals surface area contributed by atoms with E-state index >= 15 is 0 Å². The summed E-state index contributed by atoms with van der Waals surface area (Å²) in [5.74, 6) is 5.75. The van der Waals surface area contributed by atoms with Gasteiger partial charge < -0.3 is 10.8 Å². The predicted molar refractivity (Wildman–Crippen MR) is 50.7 cm³/mol. The average molecular weight is 176 g/mol. The van der Waals surface area contributed by atoms with Gasteiger partial charge in [-0.3, -0.25) is 0 Å². The van der Waals surface area contributed by atoms with Crippen molar-refractivity contribution < 1.29 is 5.11 Å². The molecule has 0 spiro atoms. The molecule has 0 radical (unpaired) electrons. The van der Waals surface area contributed by atoms with Gasteiger partial charge in [0, 0.05) is 13.0 Å². The van der Waals surface area contributed by atoms with E-state index in [0.717, 1.165) is 0 Å². The van der Waals surface area contributed by atoms with Crippen molar-refractivity contribution in [1.29, 1.82) is 0 Å². The number of rotatable bonds is 2. The van der Waals surface area contributed by atoms with Crippen molar-refractivity contribution >= 4 is 0 Å². The third-order valence-corrected chi connectivity index (χ3v) is 1.45. The molecule has 3 nitrogen and oxygen atoms in total. The first-order chi connectivity index (χ1) is 6.36. The summed E-state index contributed by atoms with van der Waals surface area (Å²) in [6, 6.07) is 5.39. The standard InChI is InChI=1S/C10H12N2O/c11-7-2-1-4-9-5-3-6-10(8-13)12-9/h3,5-6,13H,2,7-8,11H2. The highest BCUT2D eigenvalue weighted by Gasteiger charge is 1.91. The zero-order valence-corrected chi connectivity index (χ0v) is 7.33. The molecule has 0 fully saturated rings. The zero-order valence-electron chi connectivity index (χ0n) is 7.33. The highest BCUT2D eigenvalue weighted by atomic mass is 16.3. The highest BCUT2D eigenvalue weighted by Crippen LogP contribution is 1.97. The Morgan fingerprint density at radius 3 is 3.00 bits per heavy atom. The number of hydrogen-bond acceptors (Lipinski definition) is 3. The van der Waals surface area contributed by atoms with Crippen molar-refractivity contribution in [2.45, 2.75) is 13.0 Å². The third-order valence-electron chi connectivity index (χ3n) is 1.45. The van der Waals surface area contributed by atoms with E-state index in [9.17, 15) is 0 Å². The first-order valence-corrected chi connectivity index (χ1v) is 4.12. The molecule has 3 N–H and O–H groups in total. The van der Waals surface area contributed by atoms with Crippen LogP contribution in [0.25, 0.3) is 0 Å². The van der Waals surface area contributed by atoms with Crippen LogP contribution in [0.2, 0.25) is 0 Å². The second-order valence-electron chi connectivity index (χ2n) is 2.51. The molecule has 13 heavy (non-hydrogen) atoms. The molecule has 1 aromatic rings. The Labute approximate surface area is 77.6 Å². The Kier molecular flexibility index (Phi) is 3.97. The number of pyridine rings is 1. The molecule has 0 aliphatic carbocycles. The van der Waals surface area contributed by atoms with Gasteiger partial charge in [0.2, 0.25) is 0 Å². The Bertz CT molecular complexity index is 325.